The molecular weight excluding hydrogens is 281 g/mol. The first-order valence-electron chi connectivity index (χ1n) is 7.43. The van der Waals surface area contributed by atoms with Gasteiger partial charge in [0.2, 0.25) is 0 Å². The van der Waals surface area contributed by atoms with Crippen molar-refractivity contribution in [2.75, 3.05) is 13.7 Å². The highest BCUT2D eigenvalue weighted by Crippen LogP contribution is 2.33. The van der Waals surface area contributed by atoms with Gasteiger partial charge in [-0.2, -0.15) is 0 Å². The first kappa shape index (κ1) is 14.9. The molecule has 3 nitrogen and oxygen atoms in total. The molecule has 0 aliphatic carbocycles. The third kappa shape index (κ3) is 2.79. The minimum Gasteiger partial charge on any atom is -0.504 e. The average molecular weight is 301 g/mol. The van der Waals surface area contributed by atoms with Gasteiger partial charge in [0.25, 0.3) is 0 Å². The van der Waals surface area contributed by atoms with Crippen molar-refractivity contribution in [3.8, 4) is 11.5 Å². The number of ether oxygens (including phenoxy) is 1. The molecular formula is C18H20FNO2. The van der Waals surface area contributed by atoms with Crippen LogP contribution in [0.1, 0.15) is 22.3 Å². The second-order valence-electron chi connectivity index (χ2n) is 5.81. The Labute approximate surface area is 130 Å². The predicted octanol–water partition coefficient (Wildman–Crippen LogP) is 3.41. The van der Waals surface area contributed by atoms with E-state index in [1.54, 1.807) is 13.2 Å². The zero-order valence-electron chi connectivity index (χ0n) is 12.9. The van der Waals surface area contributed by atoms with Gasteiger partial charge in [-0.05, 0) is 36.6 Å². The number of hydrogen-bond donors (Lipinski definition) is 1. The van der Waals surface area contributed by atoms with Crippen molar-refractivity contribution in [2.45, 2.75) is 26.4 Å². The predicted molar refractivity (Wildman–Crippen MR) is 83.6 cm³/mol. The molecule has 22 heavy (non-hydrogen) atoms. The number of nitrogens with zero attached hydrogens (tertiary/aromatic N) is 1. The molecule has 2 aromatic rings. The Hall–Kier alpha value is -2.07. The molecule has 0 bridgehead atoms. The number of methoxy groups -OCH3 is 1. The molecule has 0 aromatic heterocycles. The summed E-state index contributed by atoms with van der Waals surface area (Å²) in [4.78, 5) is 2.15. The number of phenols is 1. The average Bonchev–Trinajstić information content (AvgIpc) is 2.51. The summed E-state index contributed by atoms with van der Waals surface area (Å²) in [6.45, 7) is 3.97. The molecule has 0 spiro atoms. The largest absolute Gasteiger partial charge is 0.504 e. The lowest BCUT2D eigenvalue weighted by molar-refractivity contribution is 0.236. The Bertz CT molecular complexity index is 700. The topological polar surface area (TPSA) is 32.7 Å². The van der Waals surface area contributed by atoms with E-state index in [4.69, 9.17) is 4.74 Å². The monoisotopic (exact) mass is 301 g/mol. The third-order valence-corrected chi connectivity index (χ3v) is 4.21. The summed E-state index contributed by atoms with van der Waals surface area (Å²) in [6.07, 6.45) is 0.830. The number of phenolic OH excluding ortho intramolecular Hbond substituents is 1. The van der Waals surface area contributed by atoms with E-state index in [0.717, 1.165) is 35.2 Å². The molecule has 2 aromatic carbocycles. The number of rotatable bonds is 3. The Kier molecular flexibility index (Phi) is 4.03. The maximum absolute atomic E-state index is 13.9. The number of benzene rings is 2. The van der Waals surface area contributed by atoms with Crippen LogP contribution in [-0.4, -0.2) is 23.7 Å². The van der Waals surface area contributed by atoms with E-state index in [2.05, 4.69) is 4.90 Å². The molecule has 1 N–H and O–H groups in total. The standard InChI is InChI=1S/C18H20FNO2/c1-12-8-14(18(21)17(9-12)22-2)10-20-7-6-13-4-3-5-16(19)15(13)11-20/h3-5,8-9,21H,6-7,10-11H2,1-2H3. The summed E-state index contributed by atoms with van der Waals surface area (Å²) in [7, 11) is 1.55. The lowest BCUT2D eigenvalue weighted by Crippen LogP contribution is -2.30. The summed E-state index contributed by atoms with van der Waals surface area (Å²) in [6, 6.07) is 9.03. The van der Waals surface area contributed by atoms with Crippen LogP contribution in [0.15, 0.2) is 30.3 Å². The van der Waals surface area contributed by atoms with Crippen LogP contribution in [0.25, 0.3) is 0 Å². The minimum atomic E-state index is -0.145. The fourth-order valence-corrected chi connectivity index (χ4v) is 3.07. The minimum absolute atomic E-state index is 0.145. The van der Waals surface area contributed by atoms with Gasteiger partial charge in [-0.3, -0.25) is 4.90 Å². The summed E-state index contributed by atoms with van der Waals surface area (Å²) in [5.41, 5.74) is 3.71. The van der Waals surface area contributed by atoms with E-state index in [9.17, 15) is 9.50 Å². The van der Waals surface area contributed by atoms with Gasteiger partial charge in [-0.15, -0.1) is 0 Å². The molecule has 0 amide bonds. The molecule has 0 saturated heterocycles. The molecule has 1 aliphatic heterocycles. The molecule has 1 heterocycles. The molecule has 4 heteroatoms. The van der Waals surface area contributed by atoms with E-state index in [1.165, 1.54) is 6.07 Å². The molecule has 0 radical (unpaired) electrons. The van der Waals surface area contributed by atoms with Crippen molar-refractivity contribution < 1.29 is 14.2 Å². The normalized spacial score (nSPS) is 14.7. The van der Waals surface area contributed by atoms with E-state index in [1.807, 2.05) is 25.1 Å². The van der Waals surface area contributed by atoms with Crippen LogP contribution in [-0.2, 0) is 19.5 Å². The van der Waals surface area contributed by atoms with Crippen molar-refractivity contribution in [3.05, 3.63) is 58.4 Å². The number of fused-ring (bicyclic) bond motifs is 1. The third-order valence-electron chi connectivity index (χ3n) is 4.21. The number of halogens is 1. The van der Waals surface area contributed by atoms with Crippen LogP contribution in [0.5, 0.6) is 11.5 Å². The smallest absolute Gasteiger partial charge is 0.162 e. The zero-order chi connectivity index (χ0) is 15.7. The molecule has 0 saturated carbocycles. The van der Waals surface area contributed by atoms with Gasteiger partial charge in [0.05, 0.1) is 7.11 Å². The van der Waals surface area contributed by atoms with Crippen molar-refractivity contribution in [3.63, 3.8) is 0 Å². The lowest BCUT2D eigenvalue weighted by Gasteiger charge is -2.29. The van der Waals surface area contributed by atoms with Crippen molar-refractivity contribution in [2.24, 2.45) is 0 Å². The first-order chi connectivity index (χ1) is 10.6. The number of aryl methyl sites for hydroxylation is 1. The van der Waals surface area contributed by atoms with E-state index < -0.39 is 0 Å². The van der Waals surface area contributed by atoms with Crippen molar-refractivity contribution in [1.82, 2.24) is 4.90 Å². The van der Waals surface area contributed by atoms with Crippen LogP contribution >= 0.6 is 0 Å². The SMILES string of the molecule is COc1cc(C)cc(CN2CCc3cccc(F)c3C2)c1O. The molecule has 0 atom stereocenters. The van der Waals surface area contributed by atoms with Gasteiger partial charge in [-0.1, -0.05) is 18.2 Å². The van der Waals surface area contributed by atoms with E-state index in [-0.39, 0.29) is 11.6 Å². The highest BCUT2D eigenvalue weighted by atomic mass is 19.1. The molecule has 1 aliphatic rings. The second kappa shape index (κ2) is 5.97. The Morgan fingerprint density at radius 3 is 2.91 bits per heavy atom. The first-order valence-corrected chi connectivity index (χ1v) is 7.43. The number of aromatic hydroxyl groups is 1. The lowest BCUT2D eigenvalue weighted by atomic mass is 9.98. The summed E-state index contributed by atoms with van der Waals surface area (Å²) in [5.74, 6) is 0.513. The summed E-state index contributed by atoms with van der Waals surface area (Å²) < 4.78 is 19.2. The fourth-order valence-electron chi connectivity index (χ4n) is 3.07. The molecule has 116 valence electrons. The Morgan fingerprint density at radius 2 is 2.14 bits per heavy atom. The number of hydrogen-bond acceptors (Lipinski definition) is 3. The maximum atomic E-state index is 13.9. The van der Waals surface area contributed by atoms with Gasteiger partial charge in [0.15, 0.2) is 11.5 Å². The van der Waals surface area contributed by atoms with Gasteiger partial charge >= 0.3 is 0 Å². The molecule has 3 rings (SSSR count). The van der Waals surface area contributed by atoms with Gasteiger partial charge < -0.3 is 9.84 Å². The summed E-state index contributed by atoms with van der Waals surface area (Å²) >= 11 is 0. The summed E-state index contributed by atoms with van der Waals surface area (Å²) in [5, 5.41) is 10.3. The van der Waals surface area contributed by atoms with Crippen molar-refractivity contribution in [1.29, 1.82) is 0 Å². The van der Waals surface area contributed by atoms with Gasteiger partial charge in [0.1, 0.15) is 5.82 Å². The van der Waals surface area contributed by atoms with Crippen molar-refractivity contribution >= 4 is 0 Å². The maximum Gasteiger partial charge on any atom is 0.162 e. The van der Waals surface area contributed by atoms with Gasteiger partial charge in [0, 0.05) is 30.8 Å². The molecule has 0 unspecified atom stereocenters. The van der Waals surface area contributed by atoms with Gasteiger partial charge in [-0.25, -0.2) is 4.39 Å². The molecule has 0 fully saturated rings. The second-order valence-corrected chi connectivity index (χ2v) is 5.81. The fraction of sp³-hybridized carbons (Fsp3) is 0.333. The quantitative estimate of drug-likeness (QED) is 0.943. The van der Waals surface area contributed by atoms with Crippen LogP contribution < -0.4 is 4.74 Å². The Balaban J connectivity index is 1.84. The highest BCUT2D eigenvalue weighted by Gasteiger charge is 2.21. The van der Waals surface area contributed by atoms with Crippen LogP contribution in [0.2, 0.25) is 0 Å². The Morgan fingerprint density at radius 1 is 1.32 bits per heavy atom. The van der Waals surface area contributed by atoms with Crippen LogP contribution in [0.4, 0.5) is 4.39 Å². The zero-order valence-corrected chi connectivity index (χ0v) is 12.9. The van der Waals surface area contributed by atoms with Crippen LogP contribution in [0, 0.1) is 12.7 Å². The van der Waals surface area contributed by atoms with Crippen LogP contribution in [0.3, 0.4) is 0 Å². The highest BCUT2D eigenvalue weighted by molar-refractivity contribution is 5.48. The van der Waals surface area contributed by atoms with E-state index >= 15 is 0 Å². The van der Waals surface area contributed by atoms with E-state index in [0.29, 0.717) is 18.8 Å².